The van der Waals surface area contributed by atoms with Gasteiger partial charge in [-0.05, 0) is 45.9 Å². The molecule has 0 amide bonds. The molecule has 1 aromatic heterocycles. The van der Waals surface area contributed by atoms with E-state index < -0.39 is 7.12 Å². The van der Waals surface area contributed by atoms with Crippen LogP contribution in [0.2, 0.25) is 5.15 Å². The fourth-order valence-corrected chi connectivity index (χ4v) is 1.89. The highest BCUT2D eigenvalue weighted by Gasteiger charge is 2.50. The highest BCUT2D eigenvalue weighted by atomic mass is 35.5. The summed E-state index contributed by atoms with van der Waals surface area (Å²) in [5.41, 5.74) is 6.30. The molecule has 1 aromatic rings. The quantitative estimate of drug-likeness (QED) is 0.668. The summed E-state index contributed by atoms with van der Waals surface area (Å²) < 4.78 is 11.7. The van der Waals surface area contributed by atoms with Gasteiger partial charge in [0, 0.05) is 0 Å². The maximum atomic E-state index is 5.85. The molecule has 4 nitrogen and oxygen atoms in total. The first-order valence-corrected chi connectivity index (χ1v) is 6.55. The number of nitrogens with zero attached hydrogens (tertiary/aromatic N) is 1. The number of nitrogens with two attached hydrogens (primary N) is 1. The van der Waals surface area contributed by atoms with E-state index in [0.29, 0.717) is 16.5 Å². The number of nitrogen functional groups attached to an aromatic ring is 1. The van der Waals surface area contributed by atoms with Gasteiger partial charge >= 0.3 is 7.12 Å². The minimum absolute atomic E-state index is 0.352. The van der Waals surface area contributed by atoms with Gasteiger partial charge in [-0.15, -0.1) is 0 Å². The lowest BCUT2D eigenvalue weighted by Gasteiger charge is -2.32. The van der Waals surface area contributed by atoms with Crippen molar-refractivity contribution >= 4 is 30.5 Å². The largest absolute Gasteiger partial charge is 0.487 e. The molecule has 1 aliphatic rings. The SMILES string of the molecule is CC1(C)OB(/C=C/c2nc(Cl)ccc2N)OC1(C)C. The maximum Gasteiger partial charge on any atom is 0.487 e. The molecule has 0 saturated carbocycles. The van der Waals surface area contributed by atoms with Gasteiger partial charge < -0.3 is 15.0 Å². The van der Waals surface area contributed by atoms with Crippen LogP contribution in [-0.4, -0.2) is 23.3 Å². The van der Waals surface area contributed by atoms with E-state index in [1.807, 2.05) is 27.7 Å². The number of rotatable bonds is 2. The number of hydrogen-bond donors (Lipinski definition) is 1. The Morgan fingerprint density at radius 3 is 2.37 bits per heavy atom. The third kappa shape index (κ3) is 2.94. The Bertz CT molecular complexity index is 501. The zero-order chi connectivity index (χ0) is 14.3. The van der Waals surface area contributed by atoms with Gasteiger partial charge in [0.25, 0.3) is 0 Å². The highest BCUT2D eigenvalue weighted by molar-refractivity contribution is 6.52. The summed E-state index contributed by atoms with van der Waals surface area (Å²) in [4.78, 5) is 4.15. The van der Waals surface area contributed by atoms with Crippen LogP contribution in [0.1, 0.15) is 33.4 Å². The number of halogens is 1. The summed E-state index contributed by atoms with van der Waals surface area (Å²) in [5.74, 6) is 1.80. The number of anilines is 1. The monoisotopic (exact) mass is 280 g/mol. The predicted molar refractivity (Wildman–Crippen MR) is 78.8 cm³/mol. The van der Waals surface area contributed by atoms with E-state index in [1.165, 1.54) is 0 Å². The van der Waals surface area contributed by atoms with Crippen molar-refractivity contribution in [3.63, 3.8) is 0 Å². The zero-order valence-electron chi connectivity index (χ0n) is 11.6. The van der Waals surface area contributed by atoms with Crippen LogP contribution in [0.4, 0.5) is 5.69 Å². The number of aromatic nitrogens is 1. The predicted octanol–water partition coefficient (Wildman–Crippen LogP) is 2.96. The van der Waals surface area contributed by atoms with E-state index in [4.69, 9.17) is 26.6 Å². The summed E-state index contributed by atoms with van der Waals surface area (Å²) in [6, 6.07) is 3.38. The van der Waals surface area contributed by atoms with E-state index in [2.05, 4.69) is 4.98 Å². The van der Waals surface area contributed by atoms with Crippen molar-refractivity contribution in [1.29, 1.82) is 0 Å². The summed E-state index contributed by atoms with van der Waals surface area (Å²) in [5, 5.41) is 0.405. The maximum absolute atomic E-state index is 5.85. The molecule has 102 valence electrons. The number of pyridine rings is 1. The molecule has 0 aromatic carbocycles. The average Bonchev–Trinajstić information content (AvgIpc) is 2.49. The molecule has 19 heavy (non-hydrogen) atoms. The van der Waals surface area contributed by atoms with Crippen LogP contribution in [0.25, 0.3) is 6.08 Å². The van der Waals surface area contributed by atoms with Crippen LogP contribution < -0.4 is 5.73 Å². The van der Waals surface area contributed by atoms with Gasteiger partial charge in [-0.25, -0.2) is 4.98 Å². The summed E-state index contributed by atoms with van der Waals surface area (Å²) >= 11 is 5.84. The Hall–Kier alpha value is -1.04. The molecule has 2 rings (SSSR count). The molecule has 0 spiro atoms. The van der Waals surface area contributed by atoms with Gasteiger partial charge in [0.15, 0.2) is 0 Å². The molecular formula is C13H18BClN2O2. The molecular weight excluding hydrogens is 262 g/mol. The van der Waals surface area contributed by atoms with E-state index in [0.717, 1.165) is 0 Å². The Morgan fingerprint density at radius 2 is 1.79 bits per heavy atom. The minimum Gasteiger partial charge on any atom is -0.400 e. The first-order chi connectivity index (χ1) is 8.71. The van der Waals surface area contributed by atoms with Gasteiger partial charge in [0.05, 0.1) is 22.6 Å². The molecule has 1 saturated heterocycles. The summed E-state index contributed by atoms with van der Waals surface area (Å²) in [7, 11) is -0.412. The second kappa shape index (κ2) is 4.82. The fraction of sp³-hybridized carbons (Fsp3) is 0.462. The van der Waals surface area contributed by atoms with Crippen molar-refractivity contribution in [1.82, 2.24) is 4.98 Å². The molecule has 2 heterocycles. The second-order valence-corrected chi connectivity index (χ2v) is 5.98. The van der Waals surface area contributed by atoms with E-state index in [-0.39, 0.29) is 11.2 Å². The van der Waals surface area contributed by atoms with Gasteiger partial charge in [-0.3, -0.25) is 0 Å². The van der Waals surface area contributed by atoms with Crippen molar-refractivity contribution in [2.45, 2.75) is 38.9 Å². The molecule has 2 N–H and O–H groups in total. The molecule has 1 fully saturated rings. The van der Waals surface area contributed by atoms with E-state index in [1.54, 1.807) is 24.2 Å². The second-order valence-electron chi connectivity index (χ2n) is 5.59. The van der Waals surface area contributed by atoms with Crippen LogP contribution in [0.3, 0.4) is 0 Å². The zero-order valence-corrected chi connectivity index (χ0v) is 12.4. The molecule has 0 aliphatic carbocycles. The van der Waals surface area contributed by atoms with Crippen LogP contribution >= 0.6 is 11.6 Å². The van der Waals surface area contributed by atoms with Gasteiger partial charge in [-0.2, -0.15) is 0 Å². The standard InChI is InChI=1S/C13H18BClN2O2/c1-12(2)13(3,4)19-14(18-12)8-7-10-9(16)5-6-11(15)17-10/h5-8H,16H2,1-4H3/b8-7+. The van der Waals surface area contributed by atoms with Crippen molar-refractivity contribution in [3.8, 4) is 0 Å². The minimum atomic E-state index is -0.412. The van der Waals surface area contributed by atoms with Gasteiger partial charge in [0.2, 0.25) is 0 Å². The fourth-order valence-electron chi connectivity index (χ4n) is 1.73. The lowest BCUT2D eigenvalue weighted by molar-refractivity contribution is 0.00578. The molecule has 0 bridgehead atoms. The van der Waals surface area contributed by atoms with Crippen molar-refractivity contribution in [2.24, 2.45) is 0 Å². The highest BCUT2D eigenvalue weighted by Crippen LogP contribution is 2.37. The van der Waals surface area contributed by atoms with Gasteiger partial charge in [0.1, 0.15) is 5.15 Å². The summed E-state index contributed by atoms with van der Waals surface area (Å²) in [6.45, 7) is 8.03. The number of hydrogen-bond acceptors (Lipinski definition) is 4. The topological polar surface area (TPSA) is 57.4 Å². The van der Waals surface area contributed by atoms with Gasteiger partial charge in [-0.1, -0.05) is 17.6 Å². The molecule has 0 unspecified atom stereocenters. The van der Waals surface area contributed by atoms with Crippen LogP contribution in [0, 0.1) is 0 Å². The van der Waals surface area contributed by atoms with Crippen molar-refractivity contribution < 1.29 is 9.31 Å². The first-order valence-electron chi connectivity index (χ1n) is 6.17. The lowest BCUT2D eigenvalue weighted by Crippen LogP contribution is -2.41. The van der Waals surface area contributed by atoms with E-state index >= 15 is 0 Å². The molecule has 1 aliphatic heterocycles. The molecule has 0 atom stereocenters. The Labute approximate surface area is 119 Å². The Balaban J connectivity index is 2.15. The first kappa shape index (κ1) is 14.4. The Morgan fingerprint density at radius 1 is 1.21 bits per heavy atom. The van der Waals surface area contributed by atoms with Crippen LogP contribution in [0.15, 0.2) is 18.1 Å². The van der Waals surface area contributed by atoms with Crippen LogP contribution in [-0.2, 0) is 9.31 Å². The van der Waals surface area contributed by atoms with Crippen molar-refractivity contribution in [2.75, 3.05) is 5.73 Å². The van der Waals surface area contributed by atoms with Crippen molar-refractivity contribution in [3.05, 3.63) is 29.0 Å². The third-order valence-corrected chi connectivity index (χ3v) is 3.82. The summed E-state index contributed by atoms with van der Waals surface area (Å²) in [6.07, 6.45) is 1.77. The normalized spacial score (nSPS) is 21.2. The molecule has 6 heteroatoms. The van der Waals surface area contributed by atoms with E-state index in [9.17, 15) is 0 Å². The smallest absolute Gasteiger partial charge is 0.400 e. The Kier molecular flexibility index (Phi) is 3.64. The van der Waals surface area contributed by atoms with Crippen LogP contribution in [0.5, 0.6) is 0 Å². The third-order valence-electron chi connectivity index (χ3n) is 3.61. The average molecular weight is 281 g/mol. The lowest BCUT2D eigenvalue weighted by atomic mass is 9.89. The molecule has 0 radical (unpaired) electrons.